The first-order chi connectivity index (χ1) is 19.5. The Kier molecular flexibility index (Phi) is 11.7. The van der Waals surface area contributed by atoms with Crippen molar-refractivity contribution in [2.75, 3.05) is 6.54 Å². The summed E-state index contributed by atoms with van der Waals surface area (Å²) in [4.78, 5) is 11.6. The Morgan fingerprint density at radius 2 is 1.16 bits per heavy atom. The van der Waals surface area contributed by atoms with Gasteiger partial charge in [-0.2, -0.15) is 57.1 Å². The van der Waals surface area contributed by atoms with Crippen LogP contribution in [0.3, 0.4) is 0 Å². The van der Waals surface area contributed by atoms with Crippen molar-refractivity contribution < 1.29 is 71.3 Å². The number of amides is 1. The molecule has 256 valence electrons. The highest BCUT2D eigenvalue weighted by Gasteiger charge is 2.91. The minimum absolute atomic E-state index is 0.0395. The monoisotopic (exact) mass is 667 g/mol. The highest BCUT2D eigenvalue weighted by molar-refractivity contribution is 5.84. The van der Waals surface area contributed by atoms with Crippen molar-refractivity contribution in [3.05, 3.63) is 23.8 Å². The number of rotatable bonds is 16. The van der Waals surface area contributed by atoms with Crippen LogP contribution in [0, 0.1) is 0 Å². The average molecular weight is 668 g/mol. The van der Waals surface area contributed by atoms with Crippen LogP contribution < -0.4 is 14.8 Å². The first-order valence-electron chi connectivity index (χ1n) is 13.3. The molecule has 0 aliphatic rings. The quantitative estimate of drug-likeness (QED) is 0.142. The maximum Gasteiger partial charge on any atom is 0.460 e. The van der Waals surface area contributed by atoms with E-state index >= 15 is 0 Å². The molecule has 17 heteroatoms. The number of unbranched alkanes of at least 4 members (excludes halogenated alkanes) is 1. The van der Waals surface area contributed by atoms with Crippen LogP contribution in [0.5, 0.6) is 11.5 Å². The number of nitrogens with one attached hydrogen (secondary N) is 1. The Bertz CT molecular complexity index is 1130. The van der Waals surface area contributed by atoms with E-state index < -0.39 is 59.4 Å². The molecular formula is C27H34F13NO3. The van der Waals surface area contributed by atoms with Crippen molar-refractivity contribution >= 4 is 5.91 Å². The molecule has 0 saturated heterocycles. The topological polar surface area (TPSA) is 47.6 Å². The molecule has 0 spiro atoms. The molecule has 1 amide bonds. The molecule has 1 aromatic rings. The minimum Gasteiger partial charge on any atom is -0.488 e. The number of hydrogen-bond donors (Lipinski definition) is 1. The number of alkyl halides is 13. The van der Waals surface area contributed by atoms with Gasteiger partial charge in [0.15, 0.2) is 0 Å². The lowest BCUT2D eigenvalue weighted by molar-refractivity contribution is -0.436. The van der Waals surface area contributed by atoms with Crippen molar-refractivity contribution in [1.82, 2.24) is 5.32 Å². The number of aryl methyl sites for hydroxylation is 1. The number of ether oxygens (including phenoxy) is 2. The minimum atomic E-state index is -8.07. The van der Waals surface area contributed by atoms with E-state index in [4.69, 9.17) is 9.47 Å². The molecular weight excluding hydrogens is 633 g/mol. The third kappa shape index (κ3) is 7.96. The summed E-state index contributed by atoms with van der Waals surface area (Å²) in [7, 11) is 0. The van der Waals surface area contributed by atoms with Crippen LogP contribution in [-0.2, 0) is 11.2 Å². The Hall–Kier alpha value is -2.62. The number of carbonyl (C=O) groups is 1. The highest BCUT2D eigenvalue weighted by atomic mass is 19.4. The van der Waals surface area contributed by atoms with Crippen LogP contribution in [0.2, 0.25) is 0 Å². The fraction of sp³-hybridized carbons (Fsp3) is 0.741. The van der Waals surface area contributed by atoms with Crippen molar-refractivity contribution in [2.45, 2.75) is 121 Å². The van der Waals surface area contributed by atoms with Gasteiger partial charge >= 0.3 is 35.8 Å². The van der Waals surface area contributed by atoms with Gasteiger partial charge in [-0.15, -0.1) is 0 Å². The number of halogens is 13. The molecule has 1 aromatic carbocycles. The molecule has 1 N–H and O–H groups in total. The van der Waals surface area contributed by atoms with E-state index in [0.717, 1.165) is 5.32 Å². The molecule has 0 aliphatic carbocycles. The third-order valence-corrected chi connectivity index (χ3v) is 6.90. The lowest BCUT2D eigenvalue weighted by Crippen LogP contribution is -2.72. The molecule has 0 atom stereocenters. The van der Waals surface area contributed by atoms with Crippen molar-refractivity contribution in [3.8, 4) is 11.5 Å². The normalized spacial score (nSPS) is 14.4. The second-order valence-electron chi connectivity index (χ2n) is 11.3. The van der Waals surface area contributed by atoms with Crippen LogP contribution in [0.1, 0.15) is 72.8 Å². The summed E-state index contributed by atoms with van der Waals surface area (Å²) in [5, 5.41) is 1.10. The summed E-state index contributed by atoms with van der Waals surface area (Å²) in [6.07, 6.45) is -6.36. The molecule has 0 bridgehead atoms. The van der Waals surface area contributed by atoms with Gasteiger partial charge in [0.2, 0.25) is 0 Å². The van der Waals surface area contributed by atoms with E-state index in [0.29, 0.717) is 29.9 Å². The van der Waals surface area contributed by atoms with Gasteiger partial charge in [0.05, 0.1) is 0 Å². The Morgan fingerprint density at radius 1 is 0.682 bits per heavy atom. The van der Waals surface area contributed by atoms with Crippen LogP contribution in [0.4, 0.5) is 57.1 Å². The van der Waals surface area contributed by atoms with Gasteiger partial charge in [-0.25, -0.2) is 0 Å². The molecule has 0 aromatic heterocycles. The van der Waals surface area contributed by atoms with E-state index in [1.165, 1.54) is 0 Å². The SMILES string of the molecule is CCC(C)(C)Oc1ccc(CCCCNC(=O)C(F)(F)C(F)(F)C(F)(F)C(F)(F)C(F)(F)C(F)(F)F)c(OC(C)(C)CC)c1. The maximum atomic E-state index is 14.0. The van der Waals surface area contributed by atoms with Crippen LogP contribution >= 0.6 is 0 Å². The summed E-state index contributed by atoms with van der Waals surface area (Å²) in [5.41, 5.74) is -0.583. The summed E-state index contributed by atoms with van der Waals surface area (Å²) in [5.74, 6) is -40.9. The summed E-state index contributed by atoms with van der Waals surface area (Å²) >= 11 is 0. The Morgan fingerprint density at radius 3 is 1.64 bits per heavy atom. The number of carbonyl (C=O) groups excluding carboxylic acids is 1. The van der Waals surface area contributed by atoms with Gasteiger partial charge in [-0.1, -0.05) is 19.9 Å². The van der Waals surface area contributed by atoms with Gasteiger partial charge in [0.1, 0.15) is 22.7 Å². The van der Waals surface area contributed by atoms with Crippen molar-refractivity contribution in [2.24, 2.45) is 0 Å². The molecule has 0 radical (unpaired) electrons. The smallest absolute Gasteiger partial charge is 0.460 e. The molecule has 0 saturated carbocycles. The van der Waals surface area contributed by atoms with E-state index in [-0.39, 0.29) is 19.3 Å². The third-order valence-electron chi connectivity index (χ3n) is 6.90. The molecule has 44 heavy (non-hydrogen) atoms. The molecule has 4 nitrogen and oxygen atoms in total. The lowest BCUT2D eigenvalue weighted by atomic mass is 9.93. The second kappa shape index (κ2) is 13.0. The van der Waals surface area contributed by atoms with Crippen LogP contribution in [0.25, 0.3) is 0 Å². The fourth-order valence-corrected chi connectivity index (χ4v) is 3.33. The molecule has 0 aliphatic heterocycles. The van der Waals surface area contributed by atoms with Gasteiger partial charge in [0, 0.05) is 12.6 Å². The predicted molar refractivity (Wildman–Crippen MR) is 133 cm³/mol. The predicted octanol–water partition coefficient (Wildman–Crippen LogP) is 9.00. The molecule has 0 unspecified atom stereocenters. The van der Waals surface area contributed by atoms with Crippen LogP contribution in [0.15, 0.2) is 18.2 Å². The number of benzene rings is 1. The van der Waals surface area contributed by atoms with Gasteiger partial charge in [-0.3, -0.25) is 4.79 Å². The fourth-order valence-electron chi connectivity index (χ4n) is 3.33. The first-order valence-corrected chi connectivity index (χ1v) is 13.3. The summed E-state index contributed by atoms with van der Waals surface area (Å²) < 4.78 is 184. The summed E-state index contributed by atoms with van der Waals surface area (Å²) in [6.45, 7) is 10.2. The van der Waals surface area contributed by atoms with Gasteiger partial charge in [-0.05, 0) is 71.4 Å². The Balaban J connectivity index is 3.02. The zero-order valence-electron chi connectivity index (χ0n) is 24.6. The molecule has 0 heterocycles. The lowest BCUT2D eigenvalue weighted by Gasteiger charge is -2.39. The number of hydrogen-bond acceptors (Lipinski definition) is 3. The van der Waals surface area contributed by atoms with Gasteiger partial charge < -0.3 is 14.8 Å². The van der Waals surface area contributed by atoms with Crippen LogP contribution in [-0.4, -0.2) is 59.4 Å². The van der Waals surface area contributed by atoms with Crippen molar-refractivity contribution in [1.29, 1.82) is 0 Å². The standard InChI is InChI=1S/C27H34F13NO3/c1-7-20(3,4)43-17-13-12-16(18(15-17)44-21(5,6)8-2)11-9-10-14-41-19(42)22(28,29)23(30,31)24(32,33)25(34,35)26(36,37)27(38,39)40/h12-13,15H,7-11,14H2,1-6H3,(H,41,42). The van der Waals surface area contributed by atoms with E-state index in [9.17, 15) is 61.9 Å². The largest absolute Gasteiger partial charge is 0.488 e. The molecule has 0 fully saturated rings. The maximum absolute atomic E-state index is 14.0. The first kappa shape index (κ1) is 39.4. The second-order valence-corrected chi connectivity index (χ2v) is 11.3. The van der Waals surface area contributed by atoms with E-state index in [2.05, 4.69) is 0 Å². The van der Waals surface area contributed by atoms with Crippen molar-refractivity contribution in [3.63, 3.8) is 0 Å². The highest BCUT2D eigenvalue weighted by Crippen LogP contribution is 2.60. The molecule has 1 rings (SSSR count). The Labute approximate surface area is 245 Å². The van der Waals surface area contributed by atoms with E-state index in [1.54, 1.807) is 32.0 Å². The average Bonchev–Trinajstić information content (AvgIpc) is 2.87. The zero-order chi connectivity index (χ0) is 34.8. The van der Waals surface area contributed by atoms with E-state index in [1.807, 2.05) is 27.7 Å². The van der Waals surface area contributed by atoms with Gasteiger partial charge in [0.25, 0.3) is 5.91 Å². The zero-order valence-corrected chi connectivity index (χ0v) is 24.6. The summed E-state index contributed by atoms with van der Waals surface area (Å²) in [6, 6.07) is 4.88.